The molecule has 0 aromatic heterocycles. The van der Waals surface area contributed by atoms with Crippen LogP contribution in [-0.2, 0) is 16.0 Å². The van der Waals surface area contributed by atoms with E-state index in [4.69, 9.17) is 4.74 Å². The van der Waals surface area contributed by atoms with E-state index in [9.17, 15) is 9.59 Å². The van der Waals surface area contributed by atoms with Gasteiger partial charge in [-0.05, 0) is 44.4 Å². The highest BCUT2D eigenvalue weighted by Crippen LogP contribution is 2.11. The van der Waals surface area contributed by atoms with Crippen molar-refractivity contribution in [1.82, 2.24) is 10.2 Å². The van der Waals surface area contributed by atoms with Crippen molar-refractivity contribution in [1.29, 1.82) is 0 Å². The lowest BCUT2D eigenvalue weighted by Crippen LogP contribution is -2.48. The van der Waals surface area contributed by atoms with Gasteiger partial charge in [0.25, 0.3) is 0 Å². The Morgan fingerprint density at radius 2 is 1.68 bits per heavy atom. The van der Waals surface area contributed by atoms with Crippen LogP contribution < -0.4 is 10.1 Å². The molecule has 0 aliphatic heterocycles. The summed E-state index contributed by atoms with van der Waals surface area (Å²) in [5, 5.41) is 2.81. The topological polar surface area (TPSA) is 58.6 Å². The Balaban J connectivity index is 1.90. The average molecular weight is 383 g/mol. The minimum Gasteiger partial charge on any atom is -0.494 e. The molecule has 5 nitrogen and oxygen atoms in total. The highest BCUT2D eigenvalue weighted by molar-refractivity contribution is 5.87. The van der Waals surface area contributed by atoms with E-state index >= 15 is 0 Å². The largest absolute Gasteiger partial charge is 0.494 e. The molecule has 2 aromatic rings. The number of ether oxygens (including phenoxy) is 1. The third kappa shape index (κ3) is 7.06. The van der Waals surface area contributed by atoms with E-state index in [1.54, 1.807) is 11.8 Å². The van der Waals surface area contributed by atoms with E-state index in [2.05, 4.69) is 5.32 Å². The fourth-order valence-electron chi connectivity index (χ4n) is 2.97. The summed E-state index contributed by atoms with van der Waals surface area (Å²) in [6.45, 7) is 5.20. The lowest BCUT2D eigenvalue weighted by Gasteiger charge is -2.28. The van der Waals surface area contributed by atoms with E-state index in [0.29, 0.717) is 32.5 Å². The van der Waals surface area contributed by atoms with Crippen LogP contribution in [0, 0.1) is 0 Å². The molecule has 28 heavy (non-hydrogen) atoms. The zero-order valence-electron chi connectivity index (χ0n) is 16.8. The number of rotatable bonds is 11. The van der Waals surface area contributed by atoms with Crippen molar-refractivity contribution in [2.75, 3.05) is 19.7 Å². The number of nitrogens with zero attached hydrogens (tertiary/aromatic N) is 1. The SMILES string of the molecule is CCNC(=O)C(C)N(CCc1ccccc1)C(=O)CCCOc1ccccc1. The lowest BCUT2D eigenvalue weighted by atomic mass is 10.1. The van der Waals surface area contributed by atoms with Gasteiger partial charge in [-0.25, -0.2) is 0 Å². The normalized spacial score (nSPS) is 11.5. The van der Waals surface area contributed by atoms with Crippen LogP contribution in [0.25, 0.3) is 0 Å². The van der Waals surface area contributed by atoms with Crippen molar-refractivity contribution in [2.24, 2.45) is 0 Å². The number of hydrogen-bond acceptors (Lipinski definition) is 3. The standard InChI is InChI=1S/C23H30N2O3/c1-3-24-23(27)19(2)25(17-16-20-11-6-4-7-12-20)22(26)15-10-18-28-21-13-8-5-9-14-21/h4-9,11-14,19H,3,10,15-18H2,1-2H3,(H,24,27). The van der Waals surface area contributed by atoms with Crippen molar-refractivity contribution in [3.8, 4) is 5.75 Å². The third-order valence-corrected chi connectivity index (χ3v) is 4.55. The Morgan fingerprint density at radius 1 is 1.04 bits per heavy atom. The second kappa shape index (κ2) is 11.8. The predicted molar refractivity (Wildman–Crippen MR) is 111 cm³/mol. The molecular weight excluding hydrogens is 352 g/mol. The van der Waals surface area contributed by atoms with Gasteiger partial charge < -0.3 is 15.0 Å². The van der Waals surface area contributed by atoms with Gasteiger partial charge >= 0.3 is 0 Å². The fraction of sp³-hybridized carbons (Fsp3) is 0.391. The van der Waals surface area contributed by atoms with E-state index < -0.39 is 6.04 Å². The summed E-state index contributed by atoms with van der Waals surface area (Å²) in [5.41, 5.74) is 1.15. The van der Waals surface area contributed by atoms with Crippen molar-refractivity contribution in [2.45, 2.75) is 39.2 Å². The molecule has 0 radical (unpaired) electrons. The second-order valence-electron chi connectivity index (χ2n) is 6.66. The minimum absolute atomic E-state index is 0.0219. The van der Waals surface area contributed by atoms with E-state index in [-0.39, 0.29) is 11.8 Å². The van der Waals surface area contributed by atoms with Crippen LogP contribution in [0.2, 0.25) is 0 Å². The van der Waals surface area contributed by atoms with Crippen molar-refractivity contribution >= 4 is 11.8 Å². The van der Waals surface area contributed by atoms with Crippen LogP contribution in [0.1, 0.15) is 32.3 Å². The Morgan fingerprint density at radius 3 is 2.32 bits per heavy atom. The molecule has 0 fully saturated rings. The highest BCUT2D eigenvalue weighted by Gasteiger charge is 2.24. The molecule has 1 N–H and O–H groups in total. The van der Waals surface area contributed by atoms with Gasteiger partial charge in [-0.3, -0.25) is 9.59 Å². The molecule has 2 rings (SSSR count). The van der Waals surface area contributed by atoms with E-state index in [1.807, 2.05) is 67.6 Å². The van der Waals surface area contributed by atoms with Crippen molar-refractivity contribution in [3.05, 3.63) is 66.2 Å². The van der Waals surface area contributed by atoms with Gasteiger partial charge in [0.05, 0.1) is 6.61 Å². The van der Waals surface area contributed by atoms with Gasteiger partial charge in [0.2, 0.25) is 11.8 Å². The summed E-state index contributed by atoms with van der Waals surface area (Å²) in [6, 6.07) is 19.1. The van der Waals surface area contributed by atoms with Crippen molar-refractivity contribution < 1.29 is 14.3 Å². The maximum atomic E-state index is 12.8. The minimum atomic E-state index is -0.494. The fourth-order valence-corrected chi connectivity index (χ4v) is 2.97. The summed E-state index contributed by atoms with van der Waals surface area (Å²) >= 11 is 0. The molecule has 1 unspecified atom stereocenters. The summed E-state index contributed by atoms with van der Waals surface area (Å²) in [7, 11) is 0. The van der Waals surface area contributed by atoms with E-state index in [0.717, 1.165) is 17.7 Å². The molecule has 0 heterocycles. The molecule has 0 saturated carbocycles. The maximum absolute atomic E-state index is 12.8. The number of nitrogens with one attached hydrogen (secondary N) is 1. The molecule has 2 amide bonds. The molecule has 2 aromatic carbocycles. The van der Waals surface area contributed by atoms with Gasteiger partial charge in [0.15, 0.2) is 0 Å². The first-order chi connectivity index (χ1) is 13.6. The number of benzene rings is 2. The molecule has 5 heteroatoms. The van der Waals surface area contributed by atoms with E-state index in [1.165, 1.54) is 0 Å². The maximum Gasteiger partial charge on any atom is 0.242 e. The average Bonchev–Trinajstić information content (AvgIpc) is 2.73. The van der Waals surface area contributed by atoms with Gasteiger partial charge in [-0.15, -0.1) is 0 Å². The Kier molecular flexibility index (Phi) is 9.05. The smallest absolute Gasteiger partial charge is 0.242 e. The third-order valence-electron chi connectivity index (χ3n) is 4.55. The van der Waals surface area contributed by atoms with Crippen LogP contribution in [0.15, 0.2) is 60.7 Å². The summed E-state index contributed by atoms with van der Waals surface area (Å²) in [6.07, 6.45) is 1.68. The summed E-state index contributed by atoms with van der Waals surface area (Å²) < 4.78 is 5.66. The van der Waals surface area contributed by atoms with Gasteiger partial charge in [-0.2, -0.15) is 0 Å². The number of hydrogen-bond donors (Lipinski definition) is 1. The molecular formula is C23H30N2O3. The van der Waals surface area contributed by atoms with Crippen LogP contribution in [0.3, 0.4) is 0 Å². The molecule has 0 bridgehead atoms. The van der Waals surface area contributed by atoms with Crippen LogP contribution >= 0.6 is 0 Å². The Labute approximate surface area is 167 Å². The van der Waals surface area contributed by atoms with Crippen LogP contribution in [0.4, 0.5) is 0 Å². The van der Waals surface area contributed by atoms with Crippen LogP contribution in [-0.4, -0.2) is 42.5 Å². The van der Waals surface area contributed by atoms with Crippen LogP contribution in [0.5, 0.6) is 5.75 Å². The number of likely N-dealkylation sites (N-methyl/N-ethyl adjacent to an activating group) is 1. The summed E-state index contributed by atoms with van der Waals surface area (Å²) in [5.74, 6) is 0.655. The second-order valence-corrected chi connectivity index (χ2v) is 6.66. The number of carbonyl (C=O) groups is 2. The predicted octanol–water partition coefficient (Wildman–Crippen LogP) is 3.44. The number of carbonyl (C=O) groups excluding carboxylic acids is 2. The Bertz CT molecular complexity index is 719. The molecule has 0 spiro atoms. The molecule has 0 saturated heterocycles. The first kappa shape index (κ1) is 21.5. The van der Waals surface area contributed by atoms with Gasteiger partial charge in [0.1, 0.15) is 11.8 Å². The highest BCUT2D eigenvalue weighted by atomic mass is 16.5. The zero-order chi connectivity index (χ0) is 20.2. The first-order valence-electron chi connectivity index (χ1n) is 9.90. The number of amides is 2. The quantitative estimate of drug-likeness (QED) is 0.606. The Hall–Kier alpha value is -2.82. The number of para-hydroxylation sites is 1. The lowest BCUT2D eigenvalue weighted by molar-refractivity contribution is -0.140. The van der Waals surface area contributed by atoms with Gasteiger partial charge in [0, 0.05) is 19.5 Å². The molecule has 0 aliphatic rings. The zero-order valence-corrected chi connectivity index (χ0v) is 16.8. The molecule has 1 atom stereocenters. The van der Waals surface area contributed by atoms with Crippen molar-refractivity contribution in [3.63, 3.8) is 0 Å². The monoisotopic (exact) mass is 382 g/mol. The molecule has 0 aliphatic carbocycles. The molecule has 150 valence electrons. The summed E-state index contributed by atoms with van der Waals surface area (Å²) in [4.78, 5) is 26.8. The first-order valence-corrected chi connectivity index (χ1v) is 9.90. The van der Waals surface area contributed by atoms with Gasteiger partial charge in [-0.1, -0.05) is 48.5 Å².